The predicted octanol–water partition coefficient (Wildman–Crippen LogP) is 2.74. The summed E-state index contributed by atoms with van der Waals surface area (Å²) < 4.78 is 0. The Kier molecular flexibility index (Phi) is 5.90. The fourth-order valence-electron chi connectivity index (χ4n) is 2.96. The number of benzene rings is 1. The second kappa shape index (κ2) is 8.54. The van der Waals surface area contributed by atoms with Crippen LogP contribution >= 0.6 is 0 Å². The molecule has 3 aromatic rings. The molecule has 29 heavy (non-hydrogen) atoms. The molecule has 6 N–H and O–H groups in total. The predicted molar refractivity (Wildman–Crippen MR) is 114 cm³/mol. The molecule has 0 bridgehead atoms. The summed E-state index contributed by atoms with van der Waals surface area (Å²) >= 11 is 0. The van der Waals surface area contributed by atoms with Crippen molar-refractivity contribution in [3.63, 3.8) is 0 Å². The van der Waals surface area contributed by atoms with Gasteiger partial charge in [-0.25, -0.2) is 4.98 Å². The van der Waals surface area contributed by atoms with E-state index in [1.165, 1.54) is 6.07 Å². The van der Waals surface area contributed by atoms with Gasteiger partial charge in [-0.3, -0.25) is 9.78 Å². The largest absolute Gasteiger partial charge is 0.365 e. The molecule has 0 saturated heterocycles. The van der Waals surface area contributed by atoms with Gasteiger partial charge in [0.25, 0.3) is 5.91 Å². The number of rotatable bonds is 7. The van der Waals surface area contributed by atoms with Crippen molar-refractivity contribution in [2.75, 3.05) is 17.2 Å². The van der Waals surface area contributed by atoms with E-state index in [1.54, 1.807) is 6.20 Å². The third-order valence-electron chi connectivity index (χ3n) is 4.65. The van der Waals surface area contributed by atoms with Gasteiger partial charge >= 0.3 is 0 Å². The van der Waals surface area contributed by atoms with Gasteiger partial charge in [0.15, 0.2) is 0 Å². The van der Waals surface area contributed by atoms with Crippen LogP contribution in [0.1, 0.15) is 29.8 Å². The molecule has 0 aliphatic heterocycles. The van der Waals surface area contributed by atoms with E-state index >= 15 is 0 Å². The summed E-state index contributed by atoms with van der Waals surface area (Å²) in [5.41, 5.74) is 13.3. The Bertz CT molecular complexity index is 1090. The molecule has 1 atom stereocenters. The van der Waals surface area contributed by atoms with Crippen LogP contribution in [0.4, 0.5) is 17.3 Å². The molecule has 0 fully saturated rings. The van der Waals surface area contributed by atoms with Crippen molar-refractivity contribution in [3.05, 3.63) is 53.7 Å². The maximum absolute atomic E-state index is 12.0. The molecule has 0 spiro atoms. The van der Waals surface area contributed by atoms with E-state index in [2.05, 4.69) is 26.7 Å². The number of primary amides is 1. The van der Waals surface area contributed by atoms with E-state index in [0.717, 1.165) is 16.6 Å². The van der Waals surface area contributed by atoms with Crippen molar-refractivity contribution >= 4 is 34.1 Å². The summed E-state index contributed by atoms with van der Waals surface area (Å²) in [4.78, 5) is 20.8. The van der Waals surface area contributed by atoms with Gasteiger partial charge in [-0.05, 0) is 36.2 Å². The first-order valence-electron chi connectivity index (χ1n) is 9.26. The molecular formula is C21H23N7O. The first-order chi connectivity index (χ1) is 13.9. The van der Waals surface area contributed by atoms with Crippen LogP contribution in [-0.4, -0.2) is 28.5 Å². The van der Waals surface area contributed by atoms with Gasteiger partial charge < -0.3 is 22.1 Å². The number of anilines is 3. The number of nitriles is 1. The van der Waals surface area contributed by atoms with Crippen LogP contribution in [0.2, 0.25) is 0 Å². The van der Waals surface area contributed by atoms with E-state index < -0.39 is 5.91 Å². The van der Waals surface area contributed by atoms with Crippen molar-refractivity contribution in [2.24, 2.45) is 17.4 Å². The number of amides is 1. The highest BCUT2D eigenvalue weighted by molar-refractivity contribution is 5.99. The molecule has 2 aromatic heterocycles. The summed E-state index contributed by atoms with van der Waals surface area (Å²) in [6, 6.07) is 12.8. The number of fused-ring (bicyclic) bond motifs is 1. The molecule has 0 aliphatic carbocycles. The van der Waals surface area contributed by atoms with Crippen molar-refractivity contribution < 1.29 is 4.79 Å². The lowest BCUT2D eigenvalue weighted by Crippen LogP contribution is -2.34. The second-order valence-electron chi connectivity index (χ2n) is 7.02. The first-order valence-corrected chi connectivity index (χ1v) is 9.26. The van der Waals surface area contributed by atoms with E-state index in [0.29, 0.717) is 12.4 Å². The molecule has 148 valence electrons. The summed E-state index contributed by atoms with van der Waals surface area (Å²) in [6.07, 6.45) is 1.73. The quantitative estimate of drug-likeness (QED) is 0.486. The lowest BCUT2D eigenvalue weighted by molar-refractivity contribution is 0.100. The fourth-order valence-corrected chi connectivity index (χ4v) is 2.96. The number of pyridine rings is 2. The molecule has 0 saturated carbocycles. The Labute approximate surface area is 168 Å². The summed E-state index contributed by atoms with van der Waals surface area (Å²) in [7, 11) is 0. The van der Waals surface area contributed by atoms with Gasteiger partial charge in [-0.15, -0.1) is 0 Å². The van der Waals surface area contributed by atoms with Crippen LogP contribution in [0, 0.1) is 17.2 Å². The average Bonchev–Trinajstić information content (AvgIpc) is 2.71. The lowest BCUT2D eigenvalue weighted by Gasteiger charge is -2.22. The highest BCUT2D eigenvalue weighted by Gasteiger charge is 2.19. The van der Waals surface area contributed by atoms with Gasteiger partial charge in [0, 0.05) is 29.9 Å². The van der Waals surface area contributed by atoms with Gasteiger partial charge in [-0.1, -0.05) is 19.9 Å². The Hall–Kier alpha value is -3.70. The summed E-state index contributed by atoms with van der Waals surface area (Å²) in [6.45, 7) is 4.43. The van der Waals surface area contributed by atoms with Crippen molar-refractivity contribution in [1.82, 2.24) is 9.97 Å². The molecule has 1 aromatic carbocycles. The second-order valence-corrected chi connectivity index (χ2v) is 7.02. The van der Waals surface area contributed by atoms with Crippen molar-refractivity contribution in [1.29, 1.82) is 5.26 Å². The number of aromatic nitrogens is 2. The van der Waals surface area contributed by atoms with Gasteiger partial charge in [0.2, 0.25) is 0 Å². The topological polar surface area (TPSA) is 143 Å². The Balaban J connectivity index is 2.04. The number of nitrogens with two attached hydrogens (primary N) is 2. The fraction of sp³-hybridized carbons (Fsp3) is 0.238. The van der Waals surface area contributed by atoms with Gasteiger partial charge in [0.1, 0.15) is 17.7 Å². The van der Waals surface area contributed by atoms with Crippen molar-refractivity contribution in [3.8, 4) is 6.07 Å². The SMILES string of the molecule is CC(C)C(CN)Nc1nc(Nc2ccc3ncccc3c2)c(C(N)=O)cc1C#N. The van der Waals surface area contributed by atoms with E-state index in [9.17, 15) is 10.1 Å². The number of nitrogens with zero attached hydrogens (tertiary/aromatic N) is 3. The molecule has 1 unspecified atom stereocenters. The van der Waals surface area contributed by atoms with Crippen molar-refractivity contribution in [2.45, 2.75) is 19.9 Å². The van der Waals surface area contributed by atoms with Crippen LogP contribution in [-0.2, 0) is 0 Å². The first kappa shape index (κ1) is 20.0. The molecule has 0 aliphatic rings. The molecule has 2 heterocycles. The van der Waals surface area contributed by atoms with E-state index in [1.807, 2.05) is 44.2 Å². The third-order valence-corrected chi connectivity index (χ3v) is 4.65. The van der Waals surface area contributed by atoms with Crippen LogP contribution in [0.3, 0.4) is 0 Å². The third kappa shape index (κ3) is 4.42. The van der Waals surface area contributed by atoms with Crippen LogP contribution in [0.25, 0.3) is 10.9 Å². The smallest absolute Gasteiger partial charge is 0.252 e. The number of hydrogen-bond donors (Lipinski definition) is 4. The van der Waals surface area contributed by atoms with Crippen LogP contribution < -0.4 is 22.1 Å². The highest BCUT2D eigenvalue weighted by atomic mass is 16.1. The number of carbonyl (C=O) groups excluding carboxylic acids is 1. The molecular weight excluding hydrogens is 366 g/mol. The highest BCUT2D eigenvalue weighted by Crippen LogP contribution is 2.26. The molecule has 8 heteroatoms. The maximum atomic E-state index is 12.0. The zero-order valence-corrected chi connectivity index (χ0v) is 16.3. The number of carbonyl (C=O) groups is 1. The molecule has 3 rings (SSSR count). The summed E-state index contributed by atoms with van der Waals surface area (Å²) in [5, 5.41) is 16.8. The summed E-state index contributed by atoms with van der Waals surface area (Å²) in [5.74, 6) is 0.173. The Morgan fingerprint density at radius 3 is 2.69 bits per heavy atom. The minimum atomic E-state index is -0.676. The Morgan fingerprint density at radius 1 is 1.24 bits per heavy atom. The number of nitrogens with one attached hydrogen (secondary N) is 2. The standard InChI is InChI=1S/C21H23N7O/c1-12(2)18(11-23)27-20-14(10-22)9-16(19(24)29)21(28-20)26-15-5-6-17-13(8-15)4-3-7-25-17/h3-9,12,18H,11,23H2,1-2H3,(H2,24,29)(H2,26,27,28). The maximum Gasteiger partial charge on any atom is 0.252 e. The van der Waals surface area contributed by atoms with Gasteiger partial charge in [0.05, 0.1) is 16.6 Å². The van der Waals surface area contributed by atoms with Crippen LogP contribution in [0.15, 0.2) is 42.6 Å². The monoisotopic (exact) mass is 389 g/mol. The number of hydrogen-bond acceptors (Lipinski definition) is 7. The molecule has 8 nitrogen and oxygen atoms in total. The zero-order valence-electron chi connectivity index (χ0n) is 16.3. The average molecular weight is 389 g/mol. The van der Waals surface area contributed by atoms with Gasteiger partial charge in [-0.2, -0.15) is 5.26 Å². The minimum Gasteiger partial charge on any atom is -0.365 e. The van der Waals surface area contributed by atoms with Crippen LogP contribution in [0.5, 0.6) is 0 Å². The minimum absolute atomic E-state index is 0.0754. The Morgan fingerprint density at radius 2 is 2.03 bits per heavy atom. The normalized spacial score (nSPS) is 11.8. The lowest BCUT2D eigenvalue weighted by atomic mass is 10.0. The molecule has 1 amide bonds. The van der Waals surface area contributed by atoms with E-state index in [-0.39, 0.29) is 28.9 Å². The molecule has 0 radical (unpaired) electrons. The van der Waals surface area contributed by atoms with E-state index in [4.69, 9.17) is 11.5 Å². The zero-order chi connectivity index (χ0) is 21.0.